The fourth-order valence-corrected chi connectivity index (χ4v) is 2.06. The number of carbonyl (C=O) groups is 4. The summed E-state index contributed by atoms with van der Waals surface area (Å²) in [5.74, 6) is -1.46. The van der Waals surface area contributed by atoms with Crippen molar-refractivity contribution in [2.24, 2.45) is 5.92 Å². The molecule has 20 heavy (non-hydrogen) atoms. The molecule has 0 aromatic rings. The van der Waals surface area contributed by atoms with Crippen LogP contribution in [-0.4, -0.2) is 60.7 Å². The number of rotatable bonds is 6. The maximum atomic E-state index is 11.9. The van der Waals surface area contributed by atoms with E-state index in [9.17, 15) is 19.2 Å². The van der Waals surface area contributed by atoms with Crippen molar-refractivity contribution >= 4 is 23.7 Å². The molecule has 1 aliphatic heterocycles. The lowest BCUT2D eigenvalue weighted by Crippen LogP contribution is -2.37. The molecule has 1 heterocycles. The highest BCUT2D eigenvalue weighted by molar-refractivity contribution is 6.02. The fourth-order valence-electron chi connectivity index (χ4n) is 2.06. The van der Waals surface area contributed by atoms with Crippen LogP contribution in [0.4, 0.5) is 0 Å². The molecule has 0 aliphatic carbocycles. The molecule has 7 nitrogen and oxygen atoms in total. The van der Waals surface area contributed by atoms with Crippen LogP contribution in [0.3, 0.4) is 0 Å². The van der Waals surface area contributed by atoms with Crippen molar-refractivity contribution in [1.82, 2.24) is 9.80 Å². The van der Waals surface area contributed by atoms with E-state index in [1.807, 2.05) is 0 Å². The van der Waals surface area contributed by atoms with Gasteiger partial charge in [-0.3, -0.25) is 24.1 Å². The smallest absolute Gasteiger partial charge is 0.310 e. The third-order valence-corrected chi connectivity index (χ3v) is 3.28. The second kappa shape index (κ2) is 7.02. The van der Waals surface area contributed by atoms with Crippen LogP contribution in [0.15, 0.2) is 0 Å². The van der Waals surface area contributed by atoms with Gasteiger partial charge in [-0.1, -0.05) is 6.92 Å². The zero-order chi connectivity index (χ0) is 15.3. The zero-order valence-corrected chi connectivity index (χ0v) is 12.0. The Kier molecular flexibility index (Phi) is 5.66. The summed E-state index contributed by atoms with van der Waals surface area (Å²) in [5.41, 5.74) is 0. The number of hydrogen-bond donors (Lipinski definition) is 0. The van der Waals surface area contributed by atoms with Gasteiger partial charge in [-0.05, 0) is 0 Å². The van der Waals surface area contributed by atoms with Gasteiger partial charge in [0.2, 0.25) is 17.7 Å². The quantitative estimate of drug-likeness (QED) is 0.498. The second-order valence-electron chi connectivity index (χ2n) is 4.89. The Balaban J connectivity index is 2.40. The van der Waals surface area contributed by atoms with E-state index in [2.05, 4.69) is 4.74 Å². The summed E-state index contributed by atoms with van der Waals surface area (Å²) in [7, 11) is 2.88. The van der Waals surface area contributed by atoms with Gasteiger partial charge in [0, 0.05) is 39.4 Å². The number of likely N-dealkylation sites (tertiary alicyclic amines) is 1. The van der Waals surface area contributed by atoms with Crippen molar-refractivity contribution in [3.63, 3.8) is 0 Å². The minimum atomic E-state index is -0.413. The van der Waals surface area contributed by atoms with Gasteiger partial charge in [0.1, 0.15) is 0 Å². The molecule has 0 saturated carbocycles. The number of esters is 1. The Bertz CT molecular complexity index is 405. The van der Waals surface area contributed by atoms with Gasteiger partial charge in [-0.2, -0.15) is 0 Å². The van der Waals surface area contributed by atoms with Gasteiger partial charge >= 0.3 is 5.97 Å². The van der Waals surface area contributed by atoms with E-state index in [0.29, 0.717) is 0 Å². The molecule has 7 heteroatoms. The first kappa shape index (κ1) is 16.1. The maximum Gasteiger partial charge on any atom is 0.310 e. The van der Waals surface area contributed by atoms with Crippen LogP contribution in [0.5, 0.6) is 0 Å². The maximum absolute atomic E-state index is 11.9. The molecule has 1 rings (SSSR count). The summed E-state index contributed by atoms with van der Waals surface area (Å²) in [6.07, 6.45) is 0.520. The summed E-state index contributed by atoms with van der Waals surface area (Å²) in [6, 6.07) is 0. The molecule has 1 saturated heterocycles. The third kappa shape index (κ3) is 4.04. The predicted molar refractivity (Wildman–Crippen MR) is 69.4 cm³/mol. The molecule has 0 aromatic carbocycles. The molecule has 0 N–H and O–H groups in total. The highest BCUT2D eigenvalue weighted by atomic mass is 16.5. The number of carbonyl (C=O) groups excluding carboxylic acids is 4. The monoisotopic (exact) mass is 284 g/mol. The van der Waals surface area contributed by atoms with Gasteiger partial charge in [-0.25, -0.2) is 0 Å². The van der Waals surface area contributed by atoms with Crippen LogP contribution in [0, 0.1) is 5.92 Å². The minimum absolute atomic E-state index is 0.0713. The SMILES string of the molecule is COC(=O)C(C)CN(C)C(=O)CCN1C(=O)CCC1=O. The van der Waals surface area contributed by atoms with Gasteiger partial charge in [-0.15, -0.1) is 0 Å². The van der Waals surface area contributed by atoms with Crippen LogP contribution >= 0.6 is 0 Å². The highest BCUT2D eigenvalue weighted by Crippen LogP contribution is 2.12. The summed E-state index contributed by atoms with van der Waals surface area (Å²) in [5, 5.41) is 0. The van der Waals surface area contributed by atoms with E-state index in [1.165, 1.54) is 12.0 Å². The van der Waals surface area contributed by atoms with E-state index in [4.69, 9.17) is 0 Å². The first-order chi connectivity index (χ1) is 9.36. The number of methoxy groups -OCH3 is 1. The van der Waals surface area contributed by atoms with Gasteiger partial charge in [0.15, 0.2) is 0 Å². The lowest BCUT2D eigenvalue weighted by molar-refractivity contribution is -0.146. The normalized spacial score (nSPS) is 16.2. The average Bonchev–Trinajstić information content (AvgIpc) is 2.74. The molecule has 1 fully saturated rings. The molecule has 0 spiro atoms. The number of ether oxygens (including phenoxy) is 1. The van der Waals surface area contributed by atoms with Crippen LogP contribution in [0.2, 0.25) is 0 Å². The molecule has 1 unspecified atom stereocenters. The Morgan fingerprint density at radius 1 is 1.30 bits per heavy atom. The predicted octanol–water partition coefficient (Wildman–Crippen LogP) is -0.207. The molecule has 1 atom stereocenters. The highest BCUT2D eigenvalue weighted by Gasteiger charge is 2.29. The standard InChI is InChI=1S/C13H20N2O5/c1-9(13(19)20-3)8-14(2)10(16)6-7-15-11(17)4-5-12(15)18/h9H,4-8H2,1-3H3. The van der Waals surface area contributed by atoms with E-state index < -0.39 is 5.92 Å². The lowest BCUT2D eigenvalue weighted by atomic mass is 10.1. The van der Waals surface area contributed by atoms with Crippen LogP contribution in [-0.2, 0) is 23.9 Å². The summed E-state index contributed by atoms with van der Waals surface area (Å²) >= 11 is 0. The topological polar surface area (TPSA) is 84.0 Å². The molecular formula is C13H20N2O5. The number of amides is 3. The summed E-state index contributed by atoms with van der Waals surface area (Å²) in [6.45, 7) is 2.02. The van der Waals surface area contributed by atoms with E-state index in [-0.39, 0.29) is 56.0 Å². The first-order valence-electron chi connectivity index (χ1n) is 6.51. The van der Waals surface area contributed by atoms with Crippen molar-refractivity contribution in [1.29, 1.82) is 0 Å². The average molecular weight is 284 g/mol. The molecule has 0 radical (unpaired) electrons. The van der Waals surface area contributed by atoms with Crippen molar-refractivity contribution in [2.45, 2.75) is 26.2 Å². The van der Waals surface area contributed by atoms with Gasteiger partial charge in [0.25, 0.3) is 0 Å². The lowest BCUT2D eigenvalue weighted by Gasteiger charge is -2.21. The van der Waals surface area contributed by atoms with Gasteiger partial charge in [0.05, 0.1) is 13.0 Å². The molecule has 0 aromatic heterocycles. The van der Waals surface area contributed by atoms with E-state index in [0.717, 1.165) is 4.90 Å². The fraction of sp³-hybridized carbons (Fsp3) is 0.692. The van der Waals surface area contributed by atoms with Crippen molar-refractivity contribution in [3.8, 4) is 0 Å². The second-order valence-corrected chi connectivity index (χ2v) is 4.89. The summed E-state index contributed by atoms with van der Waals surface area (Å²) < 4.78 is 4.59. The zero-order valence-electron chi connectivity index (χ0n) is 12.0. The summed E-state index contributed by atoms with van der Waals surface area (Å²) in [4.78, 5) is 48.5. The number of imide groups is 1. The molecule has 112 valence electrons. The largest absolute Gasteiger partial charge is 0.469 e. The molecule has 0 bridgehead atoms. The Hall–Kier alpha value is -1.92. The minimum Gasteiger partial charge on any atom is -0.469 e. The molecule has 1 aliphatic rings. The number of hydrogen-bond acceptors (Lipinski definition) is 5. The third-order valence-electron chi connectivity index (χ3n) is 3.28. The molecular weight excluding hydrogens is 264 g/mol. The van der Waals surface area contributed by atoms with Crippen molar-refractivity contribution in [2.75, 3.05) is 27.2 Å². The van der Waals surface area contributed by atoms with E-state index in [1.54, 1.807) is 14.0 Å². The molecule has 3 amide bonds. The van der Waals surface area contributed by atoms with Crippen LogP contribution in [0.25, 0.3) is 0 Å². The van der Waals surface area contributed by atoms with Crippen molar-refractivity contribution in [3.05, 3.63) is 0 Å². The number of nitrogens with zero attached hydrogens (tertiary/aromatic N) is 2. The first-order valence-corrected chi connectivity index (χ1v) is 6.51. The Labute approximate surface area is 117 Å². The Morgan fingerprint density at radius 3 is 2.35 bits per heavy atom. The Morgan fingerprint density at radius 2 is 1.85 bits per heavy atom. The van der Waals surface area contributed by atoms with Crippen molar-refractivity contribution < 1.29 is 23.9 Å². The van der Waals surface area contributed by atoms with E-state index >= 15 is 0 Å². The van der Waals surface area contributed by atoms with Gasteiger partial charge < -0.3 is 9.64 Å². The van der Waals surface area contributed by atoms with Crippen LogP contribution in [0.1, 0.15) is 26.2 Å². The van der Waals surface area contributed by atoms with Crippen LogP contribution < -0.4 is 0 Å².